The summed E-state index contributed by atoms with van der Waals surface area (Å²) in [5, 5.41) is 2.61. The third-order valence-corrected chi connectivity index (χ3v) is 5.15. The first-order valence-electron chi connectivity index (χ1n) is 8.91. The lowest BCUT2D eigenvalue weighted by molar-refractivity contribution is 0.0958. The molecule has 0 spiro atoms. The Bertz CT molecular complexity index is 503. The van der Waals surface area contributed by atoms with Crippen LogP contribution in [0.4, 0.5) is 5.69 Å². The molecule has 0 aromatic carbocycles. The largest absolute Gasteiger partial charge is 0.370 e. The standard InChI is InChI=1S/C18H28N4O.CH4/c1-19-18(23)17-6-5-16(13-20-17)22-11-7-15(8-12-22)14-21-9-3-2-4-10-21;/h5-6,13,15H,2-4,7-12,14H2,1H3,(H,19,23);1H4. The lowest BCUT2D eigenvalue weighted by Crippen LogP contribution is -2.40. The normalized spacial score (nSPS) is 19.6. The Balaban J connectivity index is 0.00000208. The fraction of sp³-hybridized carbons (Fsp3) is 0.684. The van der Waals surface area contributed by atoms with Gasteiger partial charge in [-0.15, -0.1) is 0 Å². The maximum atomic E-state index is 11.5. The van der Waals surface area contributed by atoms with E-state index in [1.807, 2.05) is 18.3 Å². The number of amides is 1. The predicted octanol–water partition coefficient (Wildman–Crippen LogP) is 2.78. The minimum atomic E-state index is -0.128. The van der Waals surface area contributed by atoms with E-state index in [1.165, 1.54) is 51.7 Å². The number of pyridine rings is 1. The van der Waals surface area contributed by atoms with Crippen molar-refractivity contribution in [1.82, 2.24) is 15.2 Å². The fourth-order valence-corrected chi connectivity index (χ4v) is 3.72. The molecule has 24 heavy (non-hydrogen) atoms. The molecular weight excluding hydrogens is 300 g/mol. The number of hydrogen-bond acceptors (Lipinski definition) is 4. The van der Waals surface area contributed by atoms with E-state index < -0.39 is 0 Å². The molecule has 2 saturated heterocycles. The first kappa shape index (κ1) is 18.7. The van der Waals surface area contributed by atoms with Crippen molar-refractivity contribution in [2.45, 2.75) is 39.5 Å². The maximum absolute atomic E-state index is 11.5. The van der Waals surface area contributed by atoms with Crippen molar-refractivity contribution < 1.29 is 4.79 Å². The predicted molar refractivity (Wildman–Crippen MR) is 99.6 cm³/mol. The number of hydrogen-bond donors (Lipinski definition) is 1. The number of anilines is 1. The van der Waals surface area contributed by atoms with Gasteiger partial charge in [0.05, 0.1) is 11.9 Å². The summed E-state index contributed by atoms with van der Waals surface area (Å²) in [6.07, 6.45) is 8.51. The van der Waals surface area contributed by atoms with Crippen molar-refractivity contribution in [1.29, 1.82) is 0 Å². The highest BCUT2D eigenvalue weighted by Crippen LogP contribution is 2.24. The van der Waals surface area contributed by atoms with Gasteiger partial charge in [0.1, 0.15) is 5.69 Å². The number of piperidine rings is 2. The highest BCUT2D eigenvalue weighted by Gasteiger charge is 2.22. The van der Waals surface area contributed by atoms with Gasteiger partial charge in [-0.3, -0.25) is 4.79 Å². The summed E-state index contributed by atoms with van der Waals surface area (Å²) in [6.45, 7) is 6.07. The van der Waals surface area contributed by atoms with Crippen molar-refractivity contribution in [3.8, 4) is 0 Å². The zero-order valence-corrected chi connectivity index (χ0v) is 14.1. The topological polar surface area (TPSA) is 48.5 Å². The molecule has 5 heteroatoms. The van der Waals surface area contributed by atoms with Crippen molar-refractivity contribution in [3.63, 3.8) is 0 Å². The van der Waals surface area contributed by atoms with Crippen LogP contribution in [0.15, 0.2) is 18.3 Å². The van der Waals surface area contributed by atoms with Gasteiger partial charge < -0.3 is 15.1 Å². The molecule has 3 rings (SSSR count). The fourth-order valence-electron chi connectivity index (χ4n) is 3.72. The Morgan fingerprint density at radius 1 is 1.17 bits per heavy atom. The van der Waals surface area contributed by atoms with Crippen molar-refractivity contribution in [2.24, 2.45) is 5.92 Å². The third-order valence-electron chi connectivity index (χ3n) is 5.15. The van der Waals surface area contributed by atoms with Crippen LogP contribution in [-0.2, 0) is 0 Å². The van der Waals surface area contributed by atoms with Gasteiger partial charge in [-0.2, -0.15) is 0 Å². The van der Waals surface area contributed by atoms with Crippen LogP contribution in [0.1, 0.15) is 50.0 Å². The molecular formula is C19H32N4O. The summed E-state index contributed by atoms with van der Waals surface area (Å²) in [5.74, 6) is 0.708. The van der Waals surface area contributed by atoms with Crippen LogP contribution in [0.5, 0.6) is 0 Å². The van der Waals surface area contributed by atoms with Crippen LogP contribution in [0.3, 0.4) is 0 Å². The summed E-state index contributed by atoms with van der Waals surface area (Å²) >= 11 is 0. The molecule has 0 unspecified atom stereocenters. The third kappa shape index (κ3) is 4.69. The van der Waals surface area contributed by atoms with E-state index in [9.17, 15) is 4.79 Å². The van der Waals surface area contributed by atoms with Gasteiger partial charge in [0.2, 0.25) is 0 Å². The monoisotopic (exact) mass is 332 g/mol. The second kappa shape index (κ2) is 9.02. The van der Waals surface area contributed by atoms with E-state index in [4.69, 9.17) is 0 Å². The second-order valence-electron chi connectivity index (χ2n) is 6.77. The smallest absolute Gasteiger partial charge is 0.269 e. The van der Waals surface area contributed by atoms with Crippen LogP contribution >= 0.6 is 0 Å². The Labute approximate surface area is 146 Å². The van der Waals surface area contributed by atoms with Crippen molar-refractivity contribution in [3.05, 3.63) is 24.0 Å². The average Bonchev–Trinajstić information content (AvgIpc) is 2.63. The second-order valence-corrected chi connectivity index (χ2v) is 6.77. The van der Waals surface area contributed by atoms with E-state index in [2.05, 4.69) is 20.1 Å². The number of likely N-dealkylation sites (tertiary alicyclic amines) is 1. The lowest BCUT2D eigenvalue weighted by Gasteiger charge is -2.37. The minimum Gasteiger partial charge on any atom is -0.370 e. The van der Waals surface area contributed by atoms with Gasteiger partial charge in [-0.05, 0) is 56.8 Å². The van der Waals surface area contributed by atoms with Gasteiger partial charge in [0.25, 0.3) is 5.91 Å². The number of carbonyl (C=O) groups is 1. The molecule has 0 aliphatic carbocycles. The molecule has 134 valence electrons. The van der Waals surface area contributed by atoms with E-state index in [0.29, 0.717) is 5.69 Å². The van der Waals surface area contributed by atoms with E-state index in [-0.39, 0.29) is 13.3 Å². The van der Waals surface area contributed by atoms with Gasteiger partial charge in [0.15, 0.2) is 0 Å². The van der Waals surface area contributed by atoms with E-state index in [0.717, 1.165) is 24.7 Å². The Morgan fingerprint density at radius 2 is 1.88 bits per heavy atom. The number of nitrogens with one attached hydrogen (secondary N) is 1. The Kier molecular flexibility index (Phi) is 7.03. The summed E-state index contributed by atoms with van der Waals surface area (Å²) in [4.78, 5) is 20.9. The maximum Gasteiger partial charge on any atom is 0.269 e. The number of aromatic nitrogens is 1. The molecule has 1 amide bonds. The summed E-state index contributed by atoms with van der Waals surface area (Å²) in [5.41, 5.74) is 1.62. The molecule has 5 nitrogen and oxygen atoms in total. The highest BCUT2D eigenvalue weighted by molar-refractivity contribution is 5.92. The van der Waals surface area contributed by atoms with Crippen molar-refractivity contribution >= 4 is 11.6 Å². The molecule has 1 N–H and O–H groups in total. The quantitative estimate of drug-likeness (QED) is 0.921. The van der Waals surface area contributed by atoms with Gasteiger partial charge in [-0.25, -0.2) is 4.98 Å². The average molecular weight is 332 g/mol. The van der Waals surface area contributed by atoms with Crippen molar-refractivity contribution in [2.75, 3.05) is 44.7 Å². The summed E-state index contributed by atoms with van der Waals surface area (Å²) in [6, 6.07) is 3.83. The lowest BCUT2D eigenvalue weighted by atomic mass is 9.95. The SMILES string of the molecule is C.CNC(=O)c1ccc(N2CCC(CN3CCCCC3)CC2)cn1. The number of rotatable bonds is 4. The Hall–Kier alpha value is -1.62. The zero-order chi connectivity index (χ0) is 16.1. The van der Waals surface area contributed by atoms with E-state index in [1.54, 1.807) is 7.05 Å². The molecule has 2 aliphatic heterocycles. The zero-order valence-electron chi connectivity index (χ0n) is 14.1. The molecule has 0 saturated carbocycles. The first-order valence-corrected chi connectivity index (χ1v) is 8.91. The molecule has 0 bridgehead atoms. The van der Waals surface area contributed by atoms with Crippen LogP contribution in [0, 0.1) is 5.92 Å². The van der Waals surface area contributed by atoms with Crippen LogP contribution in [0.2, 0.25) is 0 Å². The molecule has 2 aliphatic rings. The van der Waals surface area contributed by atoms with Crippen LogP contribution in [0.25, 0.3) is 0 Å². The highest BCUT2D eigenvalue weighted by atomic mass is 16.1. The Morgan fingerprint density at radius 3 is 2.46 bits per heavy atom. The summed E-state index contributed by atoms with van der Waals surface area (Å²) in [7, 11) is 1.63. The molecule has 3 heterocycles. The van der Waals surface area contributed by atoms with E-state index >= 15 is 0 Å². The van der Waals surface area contributed by atoms with Gasteiger partial charge in [-0.1, -0.05) is 13.8 Å². The van der Waals surface area contributed by atoms with Gasteiger partial charge >= 0.3 is 0 Å². The molecule has 1 aromatic heterocycles. The number of carbonyl (C=O) groups excluding carboxylic acids is 1. The molecule has 2 fully saturated rings. The summed E-state index contributed by atoms with van der Waals surface area (Å²) < 4.78 is 0. The van der Waals surface area contributed by atoms with Crippen LogP contribution < -0.4 is 10.2 Å². The number of nitrogens with zero attached hydrogens (tertiary/aromatic N) is 3. The molecule has 0 atom stereocenters. The van der Waals surface area contributed by atoms with Gasteiger partial charge in [0, 0.05) is 26.7 Å². The van der Waals surface area contributed by atoms with Crippen LogP contribution in [-0.4, -0.2) is 55.6 Å². The minimum absolute atomic E-state index is 0. The first-order chi connectivity index (χ1) is 11.3. The molecule has 0 radical (unpaired) electrons. The molecule has 1 aromatic rings.